The van der Waals surface area contributed by atoms with Crippen molar-refractivity contribution in [3.8, 4) is 11.3 Å². The summed E-state index contributed by atoms with van der Waals surface area (Å²) in [5.41, 5.74) is 4.56. The number of thiazole rings is 1. The van der Waals surface area contributed by atoms with E-state index in [-0.39, 0.29) is 10.8 Å². The molecule has 0 radical (unpaired) electrons. The monoisotopic (exact) mass is 554 g/mol. The van der Waals surface area contributed by atoms with Gasteiger partial charge in [-0.1, -0.05) is 69.6 Å². The molecular weight excluding hydrogens is 524 g/mol. The molecule has 1 aromatic carbocycles. The van der Waals surface area contributed by atoms with Gasteiger partial charge in [0.25, 0.3) is 9.05 Å². The van der Waals surface area contributed by atoms with Crippen molar-refractivity contribution in [3.63, 3.8) is 0 Å². The SMILES string of the molecule is C=C(Nc1nc2ccc(-c3ccncc3)nc2s1)C(CC1CCCC1)c1ccc(S(=O)(=O)Cl)cc1.CC. The number of pyridine rings is 2. The Balaban J connectivity index is 0.00000156. The molecule has 0 amide bonds. The molecule has 5 rings (SSSR count). The second kappa shape index (κ2) is 12.2. The number of halogens is 1. The maximum absolute atomic E-state index is 11.7. The summed E-state index contributed by atoms with van der Waals surface area (Å²) in [7, 11) is 1.75. The highest BCUT2D eigenvalue weighted by Gasteiger charge is 2.25. The Morgan fingerprint density at radius 1 is 1.05 bits per heavy atom. The van der Waals surface area contributed by atoms with Gasteiger partial charge in [0, 0.05) is 40.3 Å². The smallest absolute Gasteiger partial charge is 0.261 e. The van der Waals surface area contributed by atoms with Gasteiger partial charge < -0.3 is 5.32 Å². The average Bonchev–Trinajstić information content (AvgIpc) is 3.57. The van der Waals surface area contributed by atoms with Crippen molar-refractivity contribution in [3.05, 3.63) is 78.8 Å². The Labute approximate surface area is 227 Å². The van der Waals surface area contributed by atoms with Gasteiger partial charge in [0.1, 0.15) is 10.3 Å². The third-order valence-electron chi connectivity index (χ3n) is 6.53. The van der Waals surface area contributed by atoms with Crippen molar-refractivity contribution in [1.29, 1.82) is 0 Å². The van der Waals surface area contributed by atoms with Crippen LogP contribution in [0.3, 0.4) is 0 Å². The minimum absolute atomic E-state index is 0.0255. The molecule has 9 heteroatoms. The Hall–Kier alpha value is -2.81. The summed E-state index contributed by atoms with van der Waals surface area (Å²) < 4.78 is 23.4. The lowest BCUT2D eigenvalue weighted by molar-refractivity contribution is 0.471. The van der Waals surface area contributed by atoms with Crippen LogP contribution in [-0.4, -0.2) is 23.4 Å². The van der Waals surface area contributed by atoms with Crippen LogP contribution in [0.5, 0.6) is 0 Å². The number of rotatable bonds is 8. The minimum Gasteiger partial charge on any atom is -0.335 e. The van der Waals surface area contributed by atoms with Gasteiger partial charge in [0.2, 0.25) is 0 Å². The van der Waals surface area contributed by atoms with E-state index < -0.39 is 9.05 Å². The number of anilines is 1. The number of benzene rings is 1. The van der Waals surface area contributed by atoms with Crippen LogP contribution in [0.2, 0.25) is 0 Å². The Morgan fingerprint density at radius 2 is 1.73 bits per heavy atom. The zero-order chi connectivity index (χ0) is 26.4. The van der Waals surface area contributed by atoms with Crippen LogP contribution in [0.1, 0.15) is 57.4 Å². The van der Waals surface area contributed by atoms with Crippen molar-refractivity contribution < 1.29 is 8.42 Å². The highest BCUT2D eigenvalue weighted by Crippen LogP contribution is 2.39. The molecule has 194 valence electrons. The van der Waals surface area contributed by atoms with E-state index >= 15 is 0 Å². The highest BCUT2D eigenvalue weighted by atomic mass is 35.7. The summed E-state index contributed by atoms with van der Waals surface area (Å²) in [6.07, 6.45) is 9.39. The van der Waals surface area contributed by atoms with Crippen LogP contribution < -0.4 is 5.32 Å². The van der Waals surface area contributed by atoms with Crippen molar-refractivity contribution >= 4 is 46.5 Å². The topological polar surface area (TPSA) is 84.8 Å². The second-order valence-corrected chi connectivity index (χ2v) is 12.4. The molecule has 1 saturated carbocycles. The third kappa shape index (κ3) is 6.74. The van der Waals surface area contributed by atoms with E-state index in [0.717, 1.165) is 44.4 Å². The van der Waals surface area contributed by atoms with Gasteiger partial charge in [-0.25, -0.2) is 18.4 Å². The van der Waals surface area contributed by atoms with Crippen LogP contribution in [0.15, 0.2) is 78.1 Å². The Bertz CT molecular complexity index is 1450. The van der Waals surface area contributed by atoms with E-state index in [0.29, 0.717) is 5.92 Å². The molecule has 1 aliphatic carbocycles. The van der Waals surface area contributed by atoms with Crippen molar-refractivity contribution in [2.24, 2.45) is 5.92 Å². The zero-order valence-corrected chi connectivity index (χ0v) is 23.4. The molecule has 1 aliphatic rings. The summed E-state index contributed by atoms with van der Waals surface area (Å²) in [4.78, 5) is 14.5. The van der Waals surface area contributed by atoms with Crippen LogP contribution in [0.4, 0.5) is 5.13 Å². The number of fused-ring (bicyclic) bond motifs is 1. The molecule has 0 bridgehead atoms. The van der Waals surface area contributed by atoms with Gasteiger partial charge in [0.05, 0.1) is 10.6 Å². The van der Waals surface area contributed by atoms with Gasteiger partial charge in [-0.3, -0.25) is 4.98 Å². The Kier molecular flexibility index (Phi) is 8.95. The summed E-state index contributed by atoms with van der Waals surface area (Å²) in [5, 5.41) is 4.16. The molecule has 1 atom stereocenters. The molecular formula is C28H31ClN4O2S2. The van der Waals surface area contributed by atoms with E-state index in [1.54, 1.807) is 24.5 Å². The molecule has 37 heavy (non-hydrogen) atoms. The van der Waals surface area contributed by atoms with Gasteiger partial charge >= 0.3 is 0 Å². The molecule has 4 aromatic rings. The first kappa shape index (κ1) is 27.2. The molecule has 0 spiro atoms. The molecule has 0 aliphatic heterocycles. The van der Waals surface area contributed by atoms with Crippen molar-refractivity contribution in [2.45, 2.75) is 56.8 Å². The lowest BCUT2D eigenvalue weighted by Crippen LogP contribution is -2.13. The predicted molar refractivity (Wildman–Crippen MR) is 154 cm³/mol. The second-order valence-electron chi connectivity index (χ2n) is 8.87. The molecule has 3 heterocycles. The normalized spacial score (nSPS) is 14.7. The van der Waals surface area contributed by atoms with Crippen LogP contribution in [-0.2, 0) is 9.05 Å². The van der Waals surface area contributed by atoms with Gasteiger partial charge in [-0.05, 0) is 54.3 Å². The van der Waals surface area contributed by atoms with E-state index in [1.165, 1.54) is 37.0 Å². The lowest BCUT2D eigenvalue weighted by atomic mass is 9.86. The lowest BCUT2D eigenvalue weighted by Gasteiger charge is -2.24. The number of nitrogens with zero attached hydrogens (tertiary/aromatic N) is 3. The number of aromatic nitrogens is 3. The number of nitrogens with one attached hydrogen (secondary N) is 1. The zero-order valence-electron chi connectivity index (χ0n) is 21.0. The van der Waals surface area contributed by atoms with E-state index in [2.05, 4.69) is 16.9 Å². The predicted octanol–water partition coefficient (Wildman–Crippen LogP) is 8.00. The van der Waals surface area contributed by atoms with Crippen molar-refractivity contribution in [1.82, 2.24) is 15.0 Å². The maximum Gasteiger partial charge on any atom is 0.261 e. The molecule has 1 unspecified atom stereocenters. The van der Waals surface area contributed by atoms with E-state index in [9.17, 15) is 8.42 Å². The molecule has 3 aromatic heterocycles. The van der Waals surface area contributed by atoms with E-state index in [4.69, 9.17) is 20.7 Å². The highest BCUT2D eigenvalue weighted by molar-refractivity contribution is 8.13. The molecule has 0 saturated heterocycles. The summed E-state index contributed by atoms with van der Waals surface area (Å²) in [6, 6.07) is 14.6. The average molecular weight is 555 g/mol. The third-order valence-corrected chi connectivity index (χ3v) is 8.78. The fourth-order valence-corrected chi connectivity index (χ4v) is 6.34. The fourth-order valence-electron chi connectivity index (χ4n) is 4.70. The largest absolute Gasteiger partial charge is 0.335 e. The minimum atomic E-state index is -3.76. The van der Waals surface area contributed by atoms with E-state index in [1.807, 2.05) is 50.2 Å². The first-order valence-electron chi connectivity index (χ1n) is 12.6. The summed E-state index contributed by atoms with van der Waals surface area (Å²) >= 11 is 1.49. The first-order valence-corrected chi connectivity index (χ1v) is 15.7. The van der Waals surface area contributed by atoms with Crippen molar-refractivity contribution in [2.75, 3.05) is 5.32 Å². The fraction of sp³-hybridized carbons (Fsp3) is 0.321. The number of hydrogen-bond acceptors (Lipinski definition) is 7. The van der Waals surface area contributed by atoms with Crippen LogP contribution in [0, 0.1) is 5.92 Å². The first-order chi connectivity index (χ1) is 17.9. The van der Waals surface area contributed by atoms with Crippen LogP contribution >= 0.6 is 22.0 Å². The van der Waals surface area contributed by atoms with Gasteiger partial charge in [-0.15, -0.1) is 0 Å². The quantitative estimate of drug-likeness (QED) is 0.222. The maximum atomic E-state index is 11.7. The van der Waals surface area contributed by atoms with Gasteiger partial charge in [0.15, 0.2) is 5.13 Å². The van der Waals surface area contributed by atoms with Crippen LogP contribution in [0.25, 0.3) is 21.6 Å². The molecule has 6 nitrogen and oxygen atoms in total. The summed E-state index contributed by atoms with van der Waals surface area (Å²) in [5.74, 6) is 0.646. The van der Waals surface area contributed by atoms with Gasteiger partial charge in [-0.2, -0.15) is 0 Å². The number of allylic oxidation sites excluding steroid dienone is 1. The summed E-state index contributed by atoms with van der Waals surface area (Å²) in [6.45, 7) is 8.36. The molecule has 1 N–H and O–H groups in total. The number of hydrogen-bond donors (Lipinski definition) is 1. The standard InChI is InChI=1S/C26H25ClN4O2S2.C2H6/c1-17(22(16-18-4-2-3-5-18)19-6-8-21(9-7-19)35(27,32)33)29-26-31-24-11-10-23(30-25(24)34-26)20-12-14-28-15-13-20;1-2/h6-15,18,22H,1-5,16H2,(H,29,31);1-2H3. The Morgan fingerprint density at radius 3 is 2.38 bits per heavy atom. The molecule has 1 fully saturated rings.